The number of benzene rings is 1. The number of hydrogen-bond acceptors (Lipinski definition) is 2. The van der Waals surface area contributed by atoms with Crippen LogP contribution in [-0.2, 0) is 0 Å². The van der Waals surface area contributed by atoms with Gasteiger partial charge < -0.3 is 5.11 Å². The molecule has 72 valence electrons. The first-order valence-electron chi connectivity index (χ1n) is 3.73. The highest BCUT2D eigenvalue weighted by Gasteiger charge is 2.15. The van der Waals surface area contributed by atoms with Crippen LogP contribution in [0.1, 0.15) is 0 Å². The summed E-state index contributed by atoms with van der Waals surface area (Å²) >= 11 is 15.0. The van der Waals surface area contributed by atoms with Crippen molar-refractivity contribution < 1.29 is 5.11 Å². The fourth-order valence-corrected chi connectivity index (χ4v) is 2.13. The molecule has 0 unspecified atom stereocenters. The molecule has 1 heterocycles. The zero-order valence-corrected chi connectivity index (χ0v) is 9.86. The number of phenols is 1. The summed E-state index contributed by atoms with van der Waals surface area (Å²) in [6.45, 7) is 0. The van der Waals surface area contributed by atoms with Gasteiger partial charge in [0.15, 0.2) is 5.75 Å². The number of nitrogens with zero attached hydrogens (tertiary/aromatic N) is 1. The van der Waals surface area contributed by atoms with Gasteiger partial charge in [0.05, 0.1) is 14.5 Å². The van der Waals surface area contributed by atoms with Crippen molar-refractivity contribution in [1.29, 1.82) is 0 Å². The summed E-state index contributed by atoms with van der Waals surface area (Å²) in [6, 6.07) is 3.49. The fraction of sp³-hybridized carbons (Fsp3) is 0. The number of aromatic nitrogens is 1. The van der Waals surface area contributed by atoms with E-state index in [4.69, 9.17) is 23.2 Å². The third kappa shape index (κ3) is 1.36. The summed E-state index contributed by atoms with van der Waals surface area (Å²) in [5.74, 6) is 0.00926. The van der Waals surface area contributed by atoms with Crippen LogP contribution in [0.5, 0.6) is 5.75 Å². The Morgan fingerprint density at radius 3 is 2.71 bits per heavy atom. The van der Waals surface area contributed by atoms with Crippen molar-refractivity contribution in [1.82, 2.24) is 4.98 Å². The molecule has 0 radical (unpaired) electrons. The highest BCUT2D eigenvalue weighted by molar-refractivity contribution is 9.10. The second kappa shape index (κ2) is 3.57. The molecule has 0 spiro atoms. The molecule has 0 aliphatic rings. The van der Waals surface area contributed by atoms with Crippen LogP contribution >= 0.6 is 39.1 Å². The van der Waals surface area contributed by atoms with E-state index >= 15 is 0 Å². The smallest absolute Gasteiger partial charge is 0.157 e. The van der Waals surface area contributed by atoms with E-state index < -0.39 is 0 Å². The van der Waals surface area contributed by atoms with E-state index in [1.165, 1.54) is 0 Å². The van der Waals surface area contributed by atoms with Gasteiger partial charge in [-0.15, -0.1) is 0 Å². The quantitative estimate of drug-likeness (QED) is 0.744. The normalized spacial score (nSPS) is 10.8. The van der Waals surface area contributed by atoms with Crippen molar-refractivity contribution in [3.8, 4) is 5.75 Å². The molecule has 2 aromatic rings. The SMILES string of the molecule is Oc1c(Br)c(Cl)c(Cl)c2cccnc12. The van der Waals surface area contributed by atoms with E-state index in [1.807, 2.05) is 0 Å². The maximum Gasteiger partial charge on any atom is 0.157 e. The zero-order valence-electron chi connectivity index (χ0n) is 6.76. The first-order valence-corrected chi connectivity index (χ1v) is 5.28. The largest absolute Gasteiger partial charge is 0.504 e. The van der Waals surface area contributed by atoms with E-state index in [0.717, 1.165) is 0 Å². The molecule has 5 heteroatoms. The monoisotopic (exact) mass is 291 g/mol. The van der Waals surface area contributed by atoms with Gasteiger partial charge in [0, 0.05) is 11.6 Å². The van der Waals surface area contributed by atoms with Crippen molar-refractivity contribution >= 4 is 50.0 Å². The van der Waals surface area contributed by atoms with Crippen molar-refractivity contribution in [2.75, 3.05) is 0 Å². The van der Waals surface area contributed by atoms with Gasteiger partial charge in [-0.05, 0) is 28.1 Å². The van der Waals surface area contributed by atoms with E-state index in [2.05, 4.69) is 20.9 Å². The van der Waals surface area contributed by atoms with Gasteiger partial charge in [-0.2, -0.15) is 0 Å². The van der Waals surface area contributed by atoms with Crippen LogP contribution < -0.4 is 0 Å². The van der Waals surface area contributed by atoms with Gasteiger partial charge in [0.1, 0.15) is 5.52 Å². The second-order valence-corrected chi connectivity index (χ2v) is 4.24. The average Bonchev–Trinajstić information content (AvgIpc) is 2.23. The molecule has 0 aliphatic carbocycles. The summed E-state index contributed by atoms with van der Waals surface area (Å²) in [5, 5.41) is 11.0. The Labute approximate surface area is 98.6 Å². The molecule has 0 saturated heterocycles. The second-order valence-electron chi connectivity index (χ2n) is 2.69. The van der Waals surface area contributed by atoms with Crippen molar-refractivity contribution in [3.63, 3.8) is 0 Å². The zero-order chi connectivity index (χ0) is 10.3. The Balaban J connectivity index is 3.02. The molecule has 0 aliphatic heterocycles. The predicted molar refractivity (Wildman–Crippen MR) is 61.1 cm³/mol. The molecule has 0 atom stereocenters. The van der Waals surface area contributed by atoms with Crippen LogP contribution in [0.25, 0.3) is 10.9 Å². The lowest BCUT2D eigenvalue weighted by Crippen LogP contribution is -1.83. The lowest BCUT2D eigenvalue weighted by molar-refractivity contribution is 0.477. The molecule has 1 aromatic carbocycles. The van der Waals surface area contributed by atoms with Gasteiger partial charge in [0.25, 0.3) is 0 Å². The van der Waals surface area contributed by atoms with Crippen LogP contribution in [0.3, 0.4) is 0 Å². The number of phenolic OH excluding ortho intramolecular Hbond substituents is 1. The third-order valence-electron chi connectivity index (χ3n) is 1.86. The highest BCUT2D eigenvalue weighted by atomic mass is 79.9. The Hall–Kier alpha value is -0.510. The maximum atomic E-state index is 9.71. The molecule has 1 aromatic heterocycles. The van der Waals surface area contributed by atoms with E-state index in [9.17, 15) is 5.11 Å². The van der Waals surface area contributed by atoms with Crippen molar-refractivity contribution in [2.45, 2.75) is 0 Å². The van der Waals surface area contributed by atoms with Gasteiger partial charge in [-0.25, -0.2) is 0 Å². The molecule has 0 fully saturated rings. The average molecular weight is 293 g/mol. The molecule has 0 saturated carbocycles. The summed E-state index contributed by atoms with van der Waals surface area (Å²) < 4.78 is 0.371. The topological polar surface area (TPSA) is 33.1 Å². The van der Waals surface area contributed by atoms with Crippen molar-refractivity contribution in [2.24, 2.45) is 0 Å². The molecule has 0 amide bonds. The van der Waals surface area contributed by atoms with Crippen LogP contribution in [0.2, 0.25) is 10.0 Å². The summed E-state index contributed by atoms with van der Waals surface area (Å²) in [5.41, 5.74) is 0.439. The molecule has 1 N–H and O–H groups in total. The van der Waals surface area contributed by atoms with Gasteiger partial charge in [-0.3, -0.25) is 4.98 Å². The molecule has 2 rings (SSSR count). The molecular weight excluding hydrogens is 289 g/mol. The fourth-order valence-electron chi connectivity index (χ4n) is 1.19. The lowest BCUT2D eigenvalue weighted by atomic mass is 10.2. The minimum absolute atomic E-state index is 0.00926. The third-order valence-corrected chi connectivity index (χ3v) is 3.73. The highest BCUT2D eigenvalue weighted by Crippen LogP contribution is 2.43. The van der Waals surface area contributed by atoms with Gasteiger partial charge >= 0.3 is 0 Å². The van der Waals surface area contributed by atoms with Crippen LogP contribution in [0, 0.1) is 0 Å². The Kier molecular flexibility index (Phi) is 2.56. The van der Waals surface area contributed by atoms with Gasteiger partial charge in [-0.1, -0.05) is 23.2 Å². The van der Waals surface area contributed by atoms with Crippen LogP contribution in [-0.4, -0.2) is 10.1 Å². The minimum atomic E-state index is 0.00926. The molecular formula is C9H4BrCl2NO. The lowest BCUT2D eigenvalue weighted by Gasteiger charge is -2.06. The number of aromatic hydroxyl groups is 1. The number of halogens is 3. The first-order chi connectivity index (χ1) is 6.63. The predicted octanol–water partition coefficient (Wildman–Crippen LogP) is 4.01. The minimum Gasteiger partial charge on any atom is -0.504 e. The number of pyridine rings is 1. The standard InChI is InChI=1S/C9H4BrCl2NO/c10-5-7(12)6(11)4-2-1-3-13-8(4)9(5)14/h1-3,14H. The van der Waals surface area contributed by atoms with Crippen molar-refractivity contribution in [3.05, 3.63) is 32.8 Å². The number of fused-ring (bicyclic) bond motifs is 1. The van der Waals surface area contributed by atoms with Crippen LogP contribution in [0.4, 0.5) is 0 Å². The Bertz CT molecular complexity index is 469. The van der Waals surface area contributed by atoms with Gasteiger partial charge in [0.2, 0.25) is 0 Å². The van der Waals surface area contributed by atoms with Crippen LogP contribution in [0.15, 0.2) is 22.8 Å². The molecule has 0 bridgehead atoms. The summed E-state index contributed by atoms with van der Waals surface area (Å²) in [4.78, 5) is 4.02. The van der Waals surface area contributed by atoms with E-state index in [-0.39, 0.29) is 5.75 Å². The molecule has 14 heavy (non-hydrogen) atoms. The van der Waals surface area contributed by atoms with E-state index in [0.29, 0.717) is 25.4 Å². The number of hydrogen-bond donors (Lipinski definition) is 1. The summed E-state index contributed by atoms with van der Waals surface area (Å²) in [7, 11) is 0. The van der Waals surface area contributed by atoms with E-state index in [1.54, 1.807) is 18.3 Å². The molecule has 2 nitrogen and oxygen atoms in total. The first kappa shape index (κ1) is 10.0. The summed E-state index contributed by atoms with van der Waals surface area (Å²) in [6.07, 6.45) is 1.58. The number of rotatable bonds is 0. The Morgan fingerprint density at radius 1 is 1.29 bits per heavy atom. The Morgan fingerprint density at radius 2 is 2.00 bits per heavy atom. The maximum absolute atomic E-state index is 9.71.